The molecule has 2 aromatic carbocycles. The minimum atomic E-state index is -5.08. The number of aliphatic carboxylic acids is 2. The van der Waals surface area contributed by atoms with Crippen molar-refractivity contribution in [3.05, 3.63) is 77.6 Å². The number of nitrogens with one attached hydrogen (secondary N) is 3. The normalized spacial score (nSPS) is 11.0. The van der Waals surface area contributed by atoms with Crippen molar-refractivity contribution >= 4 is 29.8 Å². The van der Waals surface area contributed by atoms with Crippen LogP contribution in [-0.2, 0) is 9.59 Å². The van der Waals surface area contributed by atoms with Gasteiger partial charge in [-0.05, 0) is 30.3 Å². The summed E-state index contributed by atoms with van der Waals surface area (Å²) in [4.78, 5) is 37.2. The number of H-pyrrole nitrogens is 1. The number of aromatic nitrogens is 2. The van der Waals surface area contributed by atoms with E-state index in [4.69, 9.17) is 30.9 Å². The maximum Gasteiger partial charge on any atom is 0.490 e. The number of nitrogens with zero attached hydrogens (tertiary/aromatic N) is 1. The summed E-state index contributed by atoms with van der Waals surface area (Å²) in [6.07, 6.45) is -3.37. The van der Waals surface area contributed by atoms with E-state index in [2.05, 4.69) is 15.3 Å². The van der Waals surface area contributed by atoms with Crippen LogP contribution in [0.2, 0.25) is 0 Å². The topological polar surface area (TPSA) is 202 Å². The molecule has 0 saturated carbocycles. The Kier molecular flexibility index (Phi) is 12.1. The molecule has 8 N–H and O–H groups in total. The van der Waals surface area contributed by atoms with Crippen molar-refractivity contribution in [1.82, 2.24) is 15.3 Å². The van der Waals surface area contributed by atoms with Crippen LogP contribution in [0.3, 0.4) is 0 Å². The largest absolute Gasteiger partial charge is 0.507 e. The molecule has 0 atom stereocenters. The van der Waals surface area contributed by atoms with Crippen molar-refractivity contribution in [2.45, 2.75) is 12.4 Å². The lowest BCUT2D eigenvalue weighted by Crippen LogP contribution is -2.23. The molecule has 3 rings (SSSR count). The lowest BCUT2D eigenvalue weighted by Gasteiger charge is -2.05. The van der Waals surface area contributed by atoms with Gasteiger partial charge in [0.2, 0.25) is 0 Å². The van der Waals surface area contributed by atoms with Gasteiger partial charge in [-0.1, -0.05) is 24.3 Å². The molecular weight excluding hydrogens is 568 g/mol. The highest BCUT2D eigenvalue weighted by atomic mass is 19.4. The number of benzene rings is 2. The fourth-order valence-corrected chi connectivity index (χ4v) is 2.50. The van der Waals surface area contributed by atoms with Gasteiger partial charge in [0.25, 0.3) is 5.91 Å². The molecule has 1 heterocycles. The van der Waals surface area contributed by atoms with Gasteiger partial charge < -0.3 is 31.4 Å². The molecule has 1 aromatic heterocycles. The summed E-state index contributed by atoms with van der Waals surface area (Å²) in [6, 6.07) is 11.8. The molecule has 0 unspecified atom stereocenters. The molecule has 0 aliphatic heterocycles. The summed E-state index contributed by atoms with van der Waals surface area (Å²) in [5, 5.41) is 34.3. The second kappa shape index (κ2) is 14.7. The van der Waals surface area contributed by atoms with E-state index in [1.165, 1.54) is 6.07 Å². The number of phenolic OH excluding ortho intramolecular Hbond substituents is 1. The molecular formula is C24H21F6N5O6. The van der Waals surface area contributed by atoms with Crippen molar-refractivity contribution in [2.75, 3.05) is 6.54 Å². The molecule has 0 bridgehead atoms. The molecule has 3 aromatic rings. The van der Waals surface area contributed by atoms with Gasteiger partial charge in [-0.15, -0.1) is 0 Å². The van der Waals surface area contributed by atoms with Crippen LogP contribution >= 0.6 is 0 Å². The third-order valence-corrected chi connectivity index (χ3v) is 4.42. The van der Waals surface area contributed by atoms with Gasteiger partial charge in [0.15, 0.2) is 0 Å². The van der Waals surface area contributed by atoms with Crippen LogP contribution in [-0.4, -0.2) is 67.9 Å². The number of aromatic hydroxyl groups is 1. The van der Waals surface area contributed by atoms with Gasteiger partial charge >= 0.3 is 24.3 Å². The zero-order chi connectivity index (χ0) is 31.4. The first-order chi connectivity index (χ1) is 18.9. The van der Waals surface area contributed by atoms with E-state index < -0.39 is 24.3 Å². The van der Waals surface area contributed by atoms with Gasteiger partial charge in [-0.3, -0.25) is 10.2 Å². The molecule has 0 saturated heterocycles. The number of nitrogen functional groups attached to an aromatic ring is 1. The second-order valence-corrected chi connectivity index (χ2v) is 7.42. The highest BCUT2D eigenvalue weighted by Crippen LogP contribution is 2.20. The molecule has 220 valence electrons. The second-order valence-electron chi connectivity index (χ2n) is 7.42. The van der Waals surface area contributed by atoms with E-state index in [1.807, 2.05) is 12.1 Å². The average Bonchev–Trinajstić information content (AvgIpc) is 3.42. The first-order valence-electron chi connectivity index (χ1n) is 10.8. The van der Waals surface area contributed by atoms with E-state index in [1.54, 1.807) is 48.8 Å². The Bertz CT molecular complexity index is 1350. The van der Waals surface area contributed by atoms with Crippen molar-refractivity contribution < 1.29 is 56.0 Å². The van der Waals surface area contributed by atoms with E-state index >= 15 is 0 Å². The monoisotopic (exact) mass is 589 g/mol. The zero-order valence-corrected chi connectivity index (χ0v) is 20.4. The minimum Gasteiger partial charge on any atom is -0.507 e. The van der Waals surface area contributed by atoms with Crippen molar-refractivity contribution in [3.8, 4) is 17.1 Å². The Labute approximate surface area is 226 Å². The summed E-state index contributed by atoms with van der Waals surface area (Å²) in [5.41, 5.74) is 7.94. The Morgan fingerprint density at radius 3 is 1.90 bits per heavy atom. The van der Waals surface area contributed by atoms with Gasteiger partial charge in [-0.2, -0.15) is 26.3 Å². The van der Waals surface area contributed by atoms with Crippen LogP contribution in [0.4, 0.5) is 26.3 Å². The molecule has 1 amide bonds. The van der Waals surface area contributed by atoms with Crippen LogP contribution in [0.15, 0.2) is 60.9 Å². The Hall–Kier alpha value is -5.35. The van der Waals surface area contributed by atoms with Crippen LogP contribution in [0.5, 0.6) is 5.75 Å². The number of carboxylic acid groups (broad SMARTS) is 2. The number of hydrogen-bond donors (Lipinski definition) is 7. The lowest BCUT2D eigenvalue weighted by atomic mass is 10.1. The number of rotatable bonds is 6. The molecule has 0 aliphatic carbocycles. The SMILES string of the molecule is N=C(N)c1ccc(O)c(/C=C/CNC(=O)c2ccc(-c3ncc[nH]3)cc2)c1.O=C(O)C(F)(F)F.O=C(O)C(F)(F)F. The van der Waals surface area contributed by atoms with Crippen LogP contribution in [0, 0.1) is 5.41 Å². The highest BCUT2D eigenvalue weighted by molar-refractivity contribution is 5.96. The van der Waals surface area contributed by atoms with Crippen LogP contribution in [0.1, 0.15) is 21.5 Å². The maximum atomic E-state index is 12.2. The number of nitrogens with two attached hydrogens (primary N) is 1. The predicted octanol–water partition coefficient (Wildman–Crippen LogP) is 3.78. The molecule has 41 heavy (non-hydrogen) atoms. The van der Waals surface area contributed by atoms with Crippen molar-refractivity contribution in [2.24, 2.45) is 5.73 Å². The summed E-state index contributed by atoms with van der Waals surface area (Å²) in [6.45, 7) is 0.294. The van der Waals surface area contributed by atoms with Crippen molar-refractivity contribution in [1.29, 1.82) is 5.41 Å². The van der Waals surface area contributed by atoms with Crippen LogP contribution in [0.25, 0.3) is 17.5 Å². The number of imidazole rings is 1. The van der Waals surface area contributed by atoms with Gasteiger partial charge in [0, 0.05) is 41.2 Å². The number of carbonyl (C=O) groups excluding carboxylic acids is 1. The van der Waals surface area contributed by atoms with E-state index in [0.29, 0.717) is 23.2 Å². The van der Waals surface area contributed by atoms with Gasteiger partial charge in [0.1, 0.15) is 17.4 Å². The Morgan fingerprint density at radius 1 is 0.951 bits per heavy atom. The number of amides is 1. The summed E-state index contributed by atoms with van der Waals surface area (Å²) >= 11 is 0. The number of halogens is 6. The number of carbonyl (C=O) groups is 3. The van der Waals surface area contributed by atoms with E-state index in [0.717, 1.165) is 11.4 Å². The number of carboxylic acids is 2. The van der Waals surface area contributed by atoms with E-state index in [9.17, 15) is 36.2 Å². The average molecular weight is 589 g/mol. The fraction of sp³-hybridized carbons (Fsp3) is 0.125. The smallest absolute Gasteiger partial charge is 0.490 e. The zero-order valence-electron chi connectivity index (χ0n) is 20.4. The quantitative estimate of drug-likeness (QED) is 0.128. The summed E-state index contributed by atoms with van der Waals surface area (Å²) < 4.78 is 63.5. The molecule has 0 fully saturated rings. The van der Waals surface area contributed by atoms with Gasteiger partial charge in [-0.25, -0.2) is 14.6 Å². The number of aromatic amines is 1. The van der Waals surface area contributed by atoms with Crippen LogP contribution < -0.4 is 11.1 Å². The van der Waals surface area contributed by atoms with Crippen molar-refractivity contribution in [3.63, 3.8) is 0 Å². The Morgan fingerprint density at radius 2 is 1.46 bits per heavy atom. The number of phenols is 1. The summed E-state index contributed by atoms with van der Waals surface area (Å²) in [7, 11) is 0. The lowest BCUT2D eigenvalue weighted by molar-refractivity contribution is -0.193. The molecule has 17 heteroatoms. The first-order valence-corrected chi connectivity index (χ1v) is 10.8. The molecule has 11 nitrogen and oxygen atoms in total. The standard InChI is InChI=1S/C20H19N5O2.2C2HF3O2/c21-18(22)16-7-8-17(26)15(12-16)2-1-9-25-20(27)14-5-3-13(4-6-14)19-23-10-11-24-19;2*3-2(4,5)1(6)7/h1-8,10-12,26H,9H2,(H3,21,22)(H,23,24)(H,25,27);2*(H,6,7)/b2-1+;;. The third kappa shape index (κ3) is 11.9. The first kappa shape index (κ1) is 33.7. The van der Waals surface area contributed by atoms with E-state index in [-0.39, 0.29) is 17.5 Å². The highest BCUT2D eigenvalue weighted by Gasteiger charge is 2.38. The summed E-state index contributed by atoms with van der Waals surface area (Å²) in [5.74, 6) is -4.96. The molecule has 0 radical (unpaired) electrons. The molecule has 0 aliphatic rings. The minimum absolute atomic E-state index is 0.0732. The number of hydrogen-bond acceptors (Lipinski definition) is 6. The molecule has 0 spiro atoms. The third-order valence-electron chi connectivity index (χ3n) is 4.42. The number of amidine groups is 1. The predicted molar refractivity (Wildman–Crippen MR) is 132 cm³/mol. The van der Waals surface area contributed by atoms with Gasteiger partial charge in [0.05, 0.1) is 0 Å². The fourth-order valence-electron chi connectivity index (χ4n) is 2.50. The maximum absolute atomic E-state index is 12.2. The number of alkyl halides is 6. The Balaban J connectivity index is 0.000000497.